The van der Waals surface area contributed by atoms with Crippen LogP contribution in [0.3, 0.4) is 0 Å². The van der Waals surface area contributed by atoms with E-state index in [0.717, 1.165) is 6.07 Å². The topological polar surface area (TPSA) is 72.0 Å². The minimum Gasteiger partial charge on any atom is -0.368 e. The highest BCUT2D eigenvalue weighted by Crippen LogP contribution is 2.27. The molecule has 0 saturated carbocycles. The molecule has 5 nitrogen and oxygen atoms in total. The summed E-state index contributed by atoms with van der Waals surface area (Å²) in [5.74, 6) is 0.443. The fourth-order valence-electron chi connectivity index (χ4n) is 1.86. The molecule has 0 aliphatic carbocycles. The predicted molar refractivity (Wildman–Crippen MR) is 62.3 cm³/mol. The number of hydrogen-bond acceptors (Lipinski definition) is 5. The number of nitrogens with zero attached hydrogens (tertiary/aromatic N) is 2. The van der Waals surface area contributed by atoms with Gasteiger partial charge in [-0.25, -0.2) is 8.42 Å². The molecular weight excluding hydrogens is 283 g/mol. The number of anilines is 1. The Balaban J connectivity index is 1.91. The summed E-state index contributed by atoms with van der Waals surface area (Å²) in [6.45, 7) is 0.360. The van der Waals surface area contributed by atoms with E-state index in [-0.39, 0.29) is 23.2 Å². The highest BCUT2D eigenvalue weighted by molar-refractivity contribution is 7.91. The Morgan fingerprint density at radius 1 is 1.32 bits per heavy atom. The lowest BCUT2D eigenvalue weighted by molar-refractivity contribution is -0.141. The zero-order valence-corrected chi connectivity index (χ0v) is 10.6. The van der Waals surface area contributed by atoms with Crippen LogP contribution < -0.4 is 5.32 Å². The molecule has 1 aromatic rings. The maximum Gasteiger partial charge on any atom is 0.435 e. The lowest BCUT2D eigenvalue weighted by atomic mass is 10.1. The second-order valence-electron chi connectivity index (χ2n) is 4.45. The minimum absolute atomic E-state index is 0.0332. The van der Waals surface area contributed by atoms with E-state index >= 15 is 0 Å². The van der Waals surface area contributed by atoms with Crippen molar-refractivity contribution in [3.05, 3.63) is 17.8 Å². The zero-order chi connectivity index (χ0) is 14.1. The largest absolute Gasteiger partial charge is 0.435 e. The van der Waals surface area contributed by atoms with Gasteiger partial charge in [-0.2, -0.15) is 13.2 Å². The van der Waals surface area contributed by atoms with Crippen molar-refractivity contribution in [3.63, 3.8) is 0 Å². The molecule has 0 bridgehead atoms. The van der Waals surface area contributed by atoms with Crippen molar-refractivity contribution >= 4 is 15.7 Å². The van der Waals surface area contributed by atoms with Gasteiger partial charge in [0.1, 0.15) is 5.82 Å². The smallest absolute Gasteiger partial charge is 0.368 e. The lowest BCUT2D eigenvalue weighted by Gasteiger charge is -2.10. The van der Waals surface area contributed by atoms with Crippen molar-refractivity contribution in [2.24, 2.45) is 5.92 Å². The first-order chi connectivity index (χ1) is 8.76. The van der Waals surface area contributed by atoms with Gasteiger partial charge in [-0.1, -0.05) is 0 Å². The summed E-state index contributed by atoms with van der Waals surface area (Å²) in [6, 6.07) is 2.01. The Kier molecular flexibility index (Phi) is 3.66. The third-order valence-electron chi connectivity index (χ3n) is 2.85. The fourth-order valence-corrected chi connectivity index (χ4v) is 3.72. The summed E-state index contributed by atoms with van der Waals surface area (Å²) in [5, 5.41) is 9.28. The summed E-state index contributed by atoms with van der Waals surface area (Å²) in [6.07, 6.45) is -3.95. The first kappa shape index (κ1) is 14.0. The molecule has 0 radical (unpaired) electrons. The monoisotopic (exact) mass is 295 g/mol. The van der Waals surface area contributed by atoms with E-state index in [1.54, 1.807) is 0 Å². The van der Waals surface area contributed by atoms with Gasteiger partial charge in [-0.3, -0.25) is 0 Å². The van der Waals surface area contributed by atoms with Gasteiger partial charge in [0.2, 0.25) is 0 Å². The van der Waals surface area contributed by atoms with Crippen molar-refractivity contribution in [2.75, 3.05) is 23.4 Å². The van der Waals surface area contributed by atoms with Gasteiger partial charge >= 0.3 is 6.18 Å². The first-order valence-electron chi connectivity index (χ1n) is 5.61. The summed E-state index contributed by atoms with van der Waals surface area (Å²) >= 11 is 0. The van der Waals surface area contributed by atoms with E-state index in [4.69, 9.17) is 0 Å². The molecule has 1 aliphatic heterocycles. The Morgan fingerprint density at radius 2 is 2.05 bits per heavy atom. The summed E-state index contributed by atoms with van der Waals surface area (Å²) in [4.78, 5) is 0. The number of halogens is 3. The van der Waals surface area contributed by atoms with Gasteiger partial charge in [0, 0.05) is 6.54 Å². The molecule has 1 aromatic heterocycles. The van der Waals surface area contributed by atoms with Crippen molar-refractivity contribution in [1.82, 2.24) is 10.2 Å². The standard InChI is InChI=1S/C10H12F3N3O2S/c11-10(12,13)8-1-2-9(16-15-8)14-5-7-3-4-19(17,18)6-7/h1-2,7H,3-6H2,(H,14,16). The van der Waals surface area contributed by atoms with Crippen LogP contribution >= 0.6 is 0 Å². The Morgan fingerprint density at radius 3 is 2.53 bits per heavy atom. The average molecular weight is 295 g/mol. The van der Waals surface area contributed by atoms with Crippen LogP contribution in [0.15, 0.2) is 12.1 Å². The Hall–Kier alpha value is -1.38. The average Bonchev–Trinajstić information content (AvgIpc) is 2.66. The third-order valence-corrected chi connectivity index (χ3v) is 4.69. The van der Waals surface area contributed by atoms with Crippen LogP contribution in [0.4, 0.5) is 19.0 Å². The van der Waals surface area contributed by atoms with Crippen LogP contribution in [0.5, 0.6) is 0 Å². The number of aromatic nitrogens is 2. The van der Waals surface area contributed by atoms with Crippen molar-refractivity contribution in [3.8, 4) is 0 Å². The quantitative estimate of drug-likeness (QED) is 0.911. The van der Waals surface area contributed by atoms with E-state index in [1.165, 1.54) is 6.07 Å². The third kappa shape index (κ3) is 3.79. The SMILES string of the molecule is O=S1(=O)CCC(CNc2ccc(C(F)(F)F)nn2)C1. The van der Waals surface area contributed by atoms with Crippen molar-refractivity contribution in [2.45, 2.75) is 12.6 Å². The second-order valence-corrected chi connectivity index (χ2v) is 6.68. The van der Waals surface area contributed by atoms with Gasteiger partial charge in [0.15, 0.2) is 15.5 Å². The van der Waals surface area contributed by atoms with Crippen LogP contribution in [0.25, 0.3) is 0 Å². The molecule has 1 saturated heterocycles. The van der Waals surface area contributed by atoms with Gasteiger partial charge in [0.25, 0.3) is 0 Å². The maximum absolute atomic E-state index is 12.2. The van der Waals surface area contributed by atoms with E-state index < -0.39 is 21.7 Å². The Bertz CT molecular complexity index is 542. The molecule has 0 spiro atoms. The number of rotatable bonds is 3. The molecule has 1 unspecified atom stereocenters. The molecular formula is C10H12F3N3O2S. The maximum atomic E-state index is 12.2. The molecule has 1 aliphatic rings. The predicted octanol–water partition coefficient (Wildman–Crippen LogP) is 1.34. The molecule has 0 aromatic carbocycles. The van der Waals surface area contributed by atoms with Crippen LogP contribution in [0, 0.1) is 5.92 Å². The molecule has 2 rings (SSSR count). The lowest BCUT2D eigenvalue weighted by Crippen LogP contribution is -2.17. The number of alkyl halides is 3. The van der Waals surface area contributed by atoms with Gasteiger partial charge < -0.3 is 5.32 Å². The molecule has 9 heteroatoms. The fraction of sp³-hybridized carbons (Fsp3) is 0.600. The van der Waals surface area contributed by atoms with Crippen LogP contribution in [0.1, 0.15) is 12.1 Å². The van der Waals surface area contributed by atoms with Crippen LogP contribution in [0.2, 0.25) is 0 Å². The minimum atomic E-state index is -4.51. The molecule has 1 fully saturated rings. The summed E-state index contributed by atoms with van der Waals surface area (Å²) < 4.78 is 59.2. The highest BCUT2D eigenvalue weighted by atomic mass is 32.2. The summed E-state index contributed by atoms with van der Waals surface area (Å²) in [7, 11) is -2.95. The van der Waals surface area contributed by atoms with Crippen molar-refractivity contribution < 1.29 is 21.6 Å². The van der Waals surface area contributed by atoms with E-state index in [0.29, 0.717) is 13.0 Å². The first-order valence-corrected chi connectivity index (χ1v) is 7.44. The summed E-state index contributed by atoms with van der Waals surface area (Å²) in [5.41, 5.74) is -1.05. The highest BCUT2D eigenvalue weighted by Gasteiger charge is 2.33. The number of nitrogens with one attached hydrogen (secondary N) is 1. The number of sulfone groups is 1. The zero-order valence-electron chi connectivity index (χ0n) is 9.81. The van der Waals surface area contributed by atoms with E-state index in [2.05, 4.69) is 15.5 Å². The molecule has 0 amide bonds. The van der Waals surface area contributed by atoms with Gasteiger partial charge in [-0.05, 0) is 24.5 Å². The molecule has 1 N–H and O–H groups in total. The van der Waals surface area contributed by atoms with Crippen LogP contribution in [-0.4, -0.2) is 36.7 Å². The number of hydrogen-bond donors (Lipinski definition) is 1. The van der Waals surface area contributed by atoms with Crippen molar-refractivity contribution in [1.29, 1.82) is 0 Å². The molecule has 1 atom stereocenters. The van der Waals surface area contributed by atoms with Gasteiger partial charge in [-0.15, -0.1) is 10.2 Å². The normalized spacial score (nSPS) is 22.4. The second kappa shape index (κ2) is 4.95. The molecule has 19 heavy (non-hydrogen) atoms. The molecule has 106 valence electrons. The molecule has 2 heterocycles. The van der Waals surface area contributed by atoms with Crippen LogP contribution in [-0.2, 0) is 16.0 Å². The Labute approximate surface area is 108 Å². The van der Waals surface area contributed by atoms with E-state index in [1.807, 2.05) is 0 Å². The van der Waals surface area contributed by atoms with Gasteiger partial charge in [0.05, 0.1) is 11.5 Å². The van der Waals surface area contributed by atoms with E-state index in [9.17, 15) is 21.6 Å².